The second kappa shape index (κ2) is 12.5. The van der Waals surface area contributed by atoms with Crippen LogP contribution in [0.2, 0.25) is 5.02 Å². The van der Waals surface area contributed by atoms with E-state index in [1.807, 2.05) is 36.4 Å². The van der Waals surface area contributed by atoms with Gasteiger partial charge in [0.25, 0.3) is 0 Å². The molecule has 176 valence electrons. The number of carbonyl (C=O) groups excluding carboxylic acids is 1. The van der Waals surface area contributed by atoms with Crippen molar-refractivity contribution < 1.29 is 13.9 Å². The monoisotopic (exact) mass is 502 g/mol. The second-order valence-corrected chi connectivity index (χ2v) is 8.26. The number of cyclic esters (lactones) is 1. The van der Waals surface area contributed by atoms with Crippen molar-refractivity contribution in [2.75, 3.05) is 46.3 Å². The van der Waals surface area contributed by atoms with Gasteiger partial charge in [-0.1, -0.05) is 11.6 Å². The molecule has 32 heavy (non-hydrogen) atoms. The van der Waals surface area contributed by atoms with Gasteiger partial charge in [0, 0.05) is 36.8 Å². The van der Waals surface area contributed by atoms with Gasteiger partial charge < -0.3 is 19.0 Å². The van der Waals surface area contributed by atoms with Gasteiger partial charge in [-0.05, 0) is 62.8 Å². The number of likely N-dealkylation sites (N-methyl/N-ethyl adjacent to an activating group) is 1. The topological polar surface area (TPSA) is 61.5 Å². The second-order valence-electron chi connectivity index (χ2n) is 7.83. The number of rotatable bonds is 7. The van der Waals surface area contributed by atoms with Gasteiger partial charge in [-0.2, -0.15) is 10.1 Å². The Hall–Kier alpha value is -1.77. The number of carbonyl (C=O) groups is 1. The molecule has 4 rings (SSSR count). The minimum absolute atomic E-state index is 0. The highest BCUT2D eigenvalue weighted by Gasteiger charge is 2.31. The normalized spacial score (nSPS) is 19.6. The van der Waals surface area contributed by atoms with E-state index in [9.17, 15) is 4.79 Å². The highest BCUT2D eigenvalue weighted by atomic mass is 35.5. The maximum Gasteiger partial charge on any atom is 0.430 e. The van der Waals surface area contributed by atoms with Crippen molar-refractivity contribution in [1.82, 2.24) is 14.8 Å². The molecule has 2 aliphatic rings. The zero-order chi connectivity index (χ0) is 20.9. The minimum Gasteiger partial charge on any atom is -0.455 e. The Balaban J connectivity index is 0.00000181. The quantitative estimate of drug-likeness (QED) is 0.516. The van der Waals surface area contributed by atoms with Crippen LogP contribution in [0.15, 0.2) is 45.9 Å². The molecule has 1 aromatic carbocycles. The van der Waals surface area contributed by atoms with Gasteiger partial charge in [0.2, 0.25) is 0 Å². The van der Waals surface area contributed by atoms with E-state index in [-0.39, 0.29) is 30.9 Å². The maximum absolute atomic E-state index is 12.1. The van der Waals surface area contributed by atoms with Crippen molar-refractivity contribution in [3.63, 3.8) is 0 Å². The largest absolute Gasteiger partial charge is 0.455 e. The van der Waals surface area contributed by atoms with Crippen LogP contribution in [-0.4, -0.2) is 79.5 Å². The Kier molecular flexibility index (Phi) is 10.3. The standard InChI is InChI=1S/C22H27ClN4O3.2ClH/c1-25-11-13-26(14-12-25)10-2-3-20-16-27(22(28)30-20)24-15-19-8-9-21(29-19)17-4-6-18(23)7-5-17;;/h4-9,15,20H,2-3,10-14,16H2,1H3;2*1H/b24-15+;;. The third-order valence-corrected chi connectivity index (χ3v) is 5.78. The van der Waals surface area contributed by atoms with Crippen LogP contribution < -0.4 is 0 Å². The van der Waals surface area contributed by atoms with Crippen LogP contribution in [0.4, 0.5) is 4.79 Å². The molecule has 1 atom stereocenters. The SMILES string of the molecule is CN1CCN(CCCC2CN(/N=C/c3ccc(-c4ccc(Cl)cc4)o3)C(=O)O2)CC1.Cl.Cl. The fourth-order valence-electron chi connectivity index (χ4n) is 3.68. The fraction of sp³-hybridized carbons (Fsp3) is 0.455. The van der Waals surface area contributed by atoms with Crippen LogP contribution in [0.5, 0.6) is 0 Å². The number of nitrogens with zero attached hydrogens (tertiary/aromatic N) is 4. The summed E-state index contributed by atoms with van der Waals surface area (Å²) in [6, 6.07) is 11.1. The fourth-order valence-corrected chi connectivity index (χ4v) is 3.81. The summed E-state index contributed by atoms with van der Waals surface area (Å²) in [6.07, 6.45) is 2.91. The number of hydrogen-bond acceptors (Lipinski definition) is 6. The van der Waals surface area contributed by atoms with E-state index in [1.54, 1.807) is 6.21 Å². The van der Waals surface area contributed by atoms with E-state index < -0.39 is 6.09 Å². The Morgan fingerprint density at radius 2 is 1.81 bits per heavy atom. The molecule has 7 nitrogen and oxygen atoms in total. The number of furan rings is 1. The third-order valence-electron chi connectivity index (χ3n) is 5.53. The number of hydrazone groups is 1. The number of benzene rings is 1. The van der Waals surface area contributed by atoms with Crippen molar-refractivity contribution in [3.05, 3.63) is 47.2 Å². The zero-order valence-electron chi connectivity index (χ0n) is 18.0. The van der Waals surface area contributed by atoms with Gasteiger partial charge in [0.15, 0.2) is 0 Å². The van der Waals surface area contributed by atoms with Crippen LogP contribution in [0.1, 0.15) is 18.6 Å². The number of ether oxygens (including phenoxy) is 1. The van der Waals surface area contributed by atoms with Crippen LogP contribution in [0.3, 0.4) is 0 Å². The lowest BCUT2D eigenvalue weighted by Crippen LogP contribution is -2.44. The summed E-state index contributed by atoms with van der Waals surface area (Å²) in [5.41, 5.74) is 0.931. The van der Waals surface area contributed by atoms with Crippen LogP contribution >= 0.6 is 36.4 Å². The number of halogens is 3. The Morgan fingerprint density at radius 1 is 1.09 bits per heavy atom. The number of amides is 1. The predicted molar refractivity (Wildman–Crippen MR) is 131 cm³/mol. The smallest absolute Gasteiger partial charge is 0.430 e. The van der Waals surface area contributed by atoms with Gasteiger partial charge in [-0.3, -0.25) is 0 Å². The molecule has 1 aromatic heterocycles. The van der Waals surface area contributed by atoms with E-state index in [2.05, 4.69) is 21.9 Å². The maximum atomic E-state index is 12.1. The molecule has 1 unspecified atom stereocenters. The first-order valence-corrected chi connectivity index (χ1v) is 10.7. The molecule has 2 fully saturated rings. The summed E-state index contributed by atoms with van der Waals surface area (Å²) in [6.45, 7) is 5.98. The van der Waals surface area contributed by atoms with Crippen LogP contribution in [0.25, 0.3) is 11.3 Å². The Morgan fingerprint density at radius 3 is 2.53 bits per heavy atom. The van der Waals surface area contributed by atoms with Gasteiger partial charge in [0.05, 0.1) is 12.8 Å². The molecule has 3 heterocycles. The van der Waals surface area contributed by atoms with Crippen molar-refractivity contribution in [3.8, 4) is 11.3 Å². The van der Waals surface area contributed by atoms with E-state index in [0.29, 0.717) is 17.3 Å². The van der Waals surface area contributed by atoms with Crippen molar-refractivity contribution in [2.45, 2.75) is 18.9 Å². The van der Waals surface area contributed by atoms with Crippen molar-refractivity contribution in [1.29, 1.82) is 0 Å². The lowest BCUT2D eigenvalue weighted by Gasteiger charge is -2.32. The average molecular weight is 504 g/mol. The summed E-state index contributed by atoms with van der Waals surface area (Å²) in [5.74, 6) is 1.30. The summed E-state index contributed by atoms with van der Waals surface area (Å²) < 4.78 is 11.2. The molecule has 1 amide bonds. The average Bonchev–Trinajstić information content (AvgIpc) is 3.35. The van der Waals surface area contributed by atoms with E-state index in [1.165, 1.54) is 5.01 Å². The summed E-state index contributed by atoms with van der Waals surface area (Å²) in [7, 11) is 2.16. The first-order chi connectivity index (χ1) is 14.6. The third kappa shape index (κ3) is 7.12. The molecular formula is C22H29Cl3N4O3. The molecule has 0 radical (unpaired) electrons. The molecule has 2 aliphatic heterocycles. The number of piperazine rings is 1. The van der Waals surface area contributed by atoms with E-state index >= 15 is 0 Å². The molecule has 0 aliphatic carbocycles. The van der Waals surface area contributed by atoms with E-state index in [4.69, 9.17) is 20.8 Å². The predicted octanol–water partition coefficient (Wildman–Crippen LogP) is 4.63. The minimum atomic E-state index is -0.402. The molecule has 0 N–H and O–H groups in total. The van der Waals surface area contributed by atoms with Crippen molar-refractivity contribution >= 4 is 48.7 Å². The lowest BCUT2D eigenvalue weighted by molar-refractivity contribution is 0.119. The van der Waals surface area contributed by atoms with Gasteiger partial charge in [-0.15, -0.1) is 24.8 Å². The van der Waals surface area contributed by atoms with Crippen LogP contribution in [-0.2, 0) is 4.74 Å². The molecule has 0 bridgehead atoms. The zero-order valence-corrected chi connectivity index (χ0v) is 20.4. The van der Waals surface area contributed by atoms with E-state index in [0.717, 1.165) is 56.9 Å². The van der Waals surface area contributed by atoms with Gasteiger partial charge in [0.1, 0.15) is 17.6 Å². The summed E-state index contributed by atoms with van der Waals surface area (Å²) in [4.78, 5) is 16.9. The van der Waals surface area contributed by atoms with Crippen LogP contribution in [0, 0.1) is 0 Å². The molecular weight excluding hydrogens is 475 g/mol. The molecule has 0 saturated carbocycles. The van der Waals surface area contributed by atoms with Gasteiger partial charge >= 0.3 is 6.09 Å². The van der Waals surface area contributed by atoms with Gasteiger partial charge in [-0.25, -0.2) is 4.79 Å². The Labute approximate surface area is 206 Å². The number of hydrogen-bond donors (Lipinski definition) is 0. The highest BCUT2D eigenvalue weighted by Crippen LogP contribution is 2.23. The summed E-state index contributed by atoms with van der Waals surface area (Å²) >= 11 is 5.92. The first-order valence-electron chi connectivity index (χ1n) is 10.4. The Bertz CT molecular complexity index is 883. The van der Waals surface area contributed by atoms with Crippen molar-refractivity contribution in [2.24, 2.45) is 5.10 Å². The molecule has 0 spiro atoms. The molecule has 10 heteroatoms. The molecule has 2 aromatic rings. The lowest BCUT2D eigenvalue weighted by atomic mass is 10.2. The first kappa shape index (κ1) is 26.5. The summed E-state index contributed by atoms with van der Waals surface area (Å²) in [5, 5.41) is 6.30. The highest BCUT2D eigenvalue weighted by molar-refractivity contribution is 6.30. The molecule has 2 saturated heterocycles.